The number of nitrogens with zero attached hydrogens (tertiary/aromatic N) is 4. The van der Waals surface area contributed by atoms with E-state index in [9.17, 15) is 0 Å². The lowest BCUT2D eigenvalue weighted by molar-refractivity contribution is 0.436. The molecular weight excluding hydrogens is 697 g/mol. The first-order valence-corrected chi connectivity index (χ1v) is 19.3. The molecule has 266 valence electrons. The van der Waals surface area contributed by atoms with Gasteiger partial charge in [-0.25, -0.2) is 15.0 Å². The Morgan fingerprint density at radius 2 is 0.895 bits per heavy atom. The van der Waals surface area contributed by atoms with Gasteiger partial charge in [-0.3, -0.25) is 0 Å². The van der Waals surface area contributed by atoms with Crippen LogP contribution >= 0.6 is 0 Å². The van der Waals surface area contributed by atoms with Crippen molar-refractivity contribution >= 4 is 21.8 Å². The van der Waals surface area contributed by atoms with E-state index in [0.29, 0.717) is 17.5 Å². The predicted octanol–water partition coefficient (Wildman–Crippen LogP) is 12.4. The number of benzene rings is 8. The van der Waals surface area contributed by atoms with Gasteiger partial charge in [0.1, 0.15) is 11.5 Å². The summed E-state index contributed by atoms with van der Waals surface area (Å²) in [5.41, 5.74) is 12.5. The van der Waals surface area contributed by atoms with Crippen molar-refractivity contribution in [2.45, 2.75) is 5.41 Å². The summed E-state index contributed by atoms with van der Waals surface area (Å²) in [6.45, 7) is 0. The molecule has 0 fully saturated rings. The van der Waals surface area contributed by atoms with Crippen LogP contribution in [0.15, 0.2) is 194 Å². The van der Waals surface area contributed by atoms with Gasteiger partial charge < -0.3 is 9.30 Å². The summed E-state index contributed by atoms with van der Waals surface area (Å²) in [7, 11) is 0. The number of ether oxygens (including phenoxy) is 1. The molecule has 12 rings (SSSR count). The van der Waals surface area contributed by atoms with Crippen molar-refractivity contribution in [2.24, 2.45) is 0 Å². The SMILES string of the molecule is c1ccc(-c2nc(-c3ccccc3)nc(-c3ccc4c(c3)C3(c5ccccc5Oc5ccccc53)c3cc5c(cc3-4)c3ccccc3n5-c3ccccc3)n2)cc1. The zero-order valence-electron chi connectivity index (χ0n) is 30.7. The molecule has 5 heteroatoms. The molecule has 57 heavy (non-hydrogen) atoms. The summed E-state index contributed by atoms with van der Waals surface area (Å²) < 4.78 is 9.14. The number of rotatable bonds is 4. The van der Waals surface area contributed by atoms with Crippen molar-refractivity contribution in [1.29, 1.82) is 0 Å². The Bertz CT molecular complexity index is 3110. The van der Waals surface area contributed by atoms with Crippen LogP contribution in [0, 0.1) is 0 Å². The molecule has 0 bridgehead atoms. The molecule has 2 aliphatic rings. The molecule has 2 aromatic heterocycles. The minimum Gasteiger partial charge on any atom is -0.457 e. The molecule has 0 N–H and O–H groups in total. The maximum atomic E-state index is 6.73. The average Bonchev–Trinajstić information content (AvgIpc) is 3.76. The molecule has 3 heterocycles. The second-order valence-corrected chi connectivity index (χ2v) is 14.7. The van der Waals surface area contributed by atoms with Crippen LogP contribution in [0.3, 0.4) is 0 Å². The predicted molar refractivity (Wildman–Crippen MR) is 228 cm³/mol. The molecular formula is C52H32N4O. The monoisotopic (exact) mass is 728 g/mol. The molecule has 1 aliphatic heterocycles. The maximum absolute atomic E-state index is 6.73. The van der Waals surface area contributed by atoms with Crippen molar-refractivity contribution in [2.75, 3.05) is 0 Å². The summed E-state index contributed by atoms with van der Waals surface area (Å²) in [5.74, 6) is 3.59. The van der Waals surface area contributed by atoms with Crippen LogP contribution in [0.25, 0.3) is 72.8 Å². The van der Waals surface area contributed by atoms with Gasteiger partial charge in [-0.1, -0.05) is 146 Å². The van der Waals surface area contributed by atoms with E-state index in [2.05, 4.69) is 138 Å². The number of hydrogen-bond donors (Lipinski definition) is 0. The fraction of sp³-hybridized carbons (Fsp3) is 0.0192. The Kier molecular flexibility index (Phi) is 6.78. The zero-order valence-corrected chi connectivity index (χ0v) is 30.7. The third-order valence-electron chi connectivity index (χ3n) is 11.7. The van der Waals surface area contributed by atoms with Gasteiger partial charge in [0.25, 0.3) is 0 Å². The Morgan fingerprint density at radius 1 is 0.368 bits per heavy atom. The van der Waals surface area contributed by atoms with Gasteiger partial charge in [0, 0.05) is 44.3 Å². The summed E-state index contributed by atoms with van der Waals surface area (Å²) in [5, 5.41) is 2.43. The molecule has 0 unspecified atom stereocenters. The van der Waals surface area contributed by atoms with Crippen LogP contribution in [-0.2, 0) is 5.41 Å². The number of fused-ring (bicyclic) bond motifs is 12. The van der Waals surface area contributed by atoms with E-state index in [-0.39, 0.29) is 0 Å². The summed E-state index contributed by atoms with van der Waals surface area (Å²) in [6, 6.07) is 68.4. The third kappa shape index (κ3) is 4.60. The molecule has 0 amide bonds. The van der Waals surface area contributed by atoms with Crippen LogP contribution in [0.4, 0.5) is 0 Å². The Hall–Kier alpha value is -7.63. The van der Waals surface area contributed by atoms with Gasteiger partial charge in [-0.05, 0) is 70.8 Å². The number of aromatic nitrogens is 4. The molecule has 10 aromatic rings. The minimum absolute atomic E-state index is 0.622. The minimum atomic E-state index is -0.699. The molecule has 0 atom stereocenters. The second-order valence-electron chi connectivity index (χ2n) is 14.7. The van der Waals surface area contributed by atoms with Gasteiger partial charge in [0.2, 0.25) is 0 Å². The van der Waals surface area contributed by atoms with E-state index in [1.165, 1.54) is 38.5 Å². The average molecular weight is 729 g/mol. The van der Waals surface area contributed by atoms with Crippen LogP contribution in [0.5, 0.6) is 11.5 Å². The van der Waals surface area contributed by atoms with Gasteiger partial charge in [0.15, 0.2) is 17.5 Å². The Labute approximate surface area is 329 Å². The smallest absolute Gasteiger partial charge is 0.164 e. The van der Waals surface area contributed by atoms with Gasteiger partial charge in [-0.2, -0.15) is 0 Å². The number of hydrogen-bond acceptors (Lipinski definition) is 4. The largest absolute Gasteiger partial charge is 0.457 e. The van der Waals surface area contributed by atoms with Gasteiger partial charge in [0.05, 0.1) is 16.4 Å². The Morgan fingerprint density at radius 3 is 1.54 bits per heavy atom. The van der Waals surface area contributed by atoms with E-state index in [1.54, 1.807) is 0 Å². The highest BCUT2D eigenvalue weighted by Gasteiger charge is 2.51. The van der Waals surface area contributed by atoms with Crippen LogP contribution in [-0.4, -0.2) is 19.5 Å². The van der Waals surface area contributed by atoms with E-state index < -0.39 is 5.41 Å². The first kappa shape index (κ1) is 31.7. The lowest BCUT2D eigenvalue weighted by atomic mass is 9.66. The van der Waals surface area contributed by atoms with Crippen LogP contribution in [0.1, 0.15) is 22.3 Å². The lowest BCUT2D eigenvalue weighted by Gasteiger charge is -2.39. The summed E-state index contributed by atoms with van der Waals surface area (Å²) in [4.78, 5) is 15.3. The van der Waals surface area contributed by atoms with Crippen molar-refractivity contribution in [1.82, 2.24) is 19.5 Å². The van der Waals surface area contributed by atoms with Crippen LogP contribution < -0.4 is 4.74 Å². The van der Waals surface area contributed by atoms with Crippen LogP contribution in [0.2, 0.25) is 0 Å². The molecule has 1 aliphatic carbocycles. The fourth-order valence-electron chi connectivity index (χ4n) is 9.29. The molecule has 0 saturated heterocycles. The first-order valence-electron chi connectivity index (χ1n) is 19.3. The second kappa shape index (κ2) is 12.2. The fourth-order valence-corrected chi connectivity index (χ4v) is 9.29. The van der Waals surface area contributed by atoms with Crippen molar-refractivity contribution in [3.05, 3.63) is 216 Å². The van der Waals surface area contributed by atoms with Crippen molar-refractivity contribution < 1.29 is 4.74 Å². The molecule has 8 aromatic carbocycles. The normalized spacial score (nSPS) is 13.2. The quantitative estimate of drug-likeness (QED) is 0.181. The van der Waals surface area contributed by atoms with Crippen molar-refractivity contribution in [3.63, 3.8) is 0 Å². The topological polar surface area (TPSA) is 52.8 Å². The van der Waals surface area contributed by atoms with Gasteiger partial charge >= 0.3 is 0 Å². The first-order chi connectivity index (χ1) is 28.3. The summed E-state index contributed by atoms with van der Waals surface area (Å²) in [6.07, 6.45) is 0. The molecule has 5 nitrogen and oxygen atoms in total. The highest BCUT2D eigenvalue weighted by molar-refractivity contribution is 6.12. The summed E-state index contributed by atoms with van der Waals surface area (Å²) >= 11 is 0. The molecule has 0 saturated carbocycles. The highest BCUT2D eigenvalue weighted by Crippen LogP contribution is 2.63. The third-order valence-corrected chi connectivity index (χ3v) is 11.7. The van der Waals surface area contributed by atoms with Crippen molar-refractivity contribution in [3.8, 4) is 62.5 Å². The van der Waals surface area contributed by atoms with E-state index in [4.69, 9.17) is 19.7 Å². The highest BCUT2D eigenvalue weighted by atomic mass is 16.5. The molecule has 1 spiro atoms. The van der Waals surface area contributed by atoms with E-state index in [0.717, 1.165) is 50.5 Å². The Balaban J connectivity index is 1.18. The lowest BCUT2D eigenvalue weighted by Crippen LogP contribution is -2.32. The van der Waals surface area contributed by atoms with E-state index >= 15 is 0 Å². The molecule has 0 radical (unpaired) electrons. The van der Waals surface area contributed by atoms with E-state index in [1.807, 2.05) is 60.7 Å². The zero-order chi connectivity index (χ0) is 37.5. The standard InChI is InChI=1S/C52H32N4O/c1-4-16-33(17-5-1)49-53-50(34-18-6-2-7-19-34)55-51(54-49)35-28-29-37-39-31-40-38-22-10-13-25-45(38)56(36-20-8-3-9-21-36)46(40)32-44(39)52(43(37)30-35)41-23-11-14-26-47(41)57-48-27-15-12-24-42(48)52/h1-32H. The maximum Gasteiger partial charge on any atom is 0.164 e. The van der Waals surface area contributed by atoms with Gasteiger partial charge in [-0.15, -0.1) is 0 Å². The number of para-hydroxylation sites is 4.